The van der Waals surface area contributed by atoms with Crippen LogP contribution in [0.4, 0.5) is 52.2 Å². The number of halogens is 8. The van der Waals surface area contributed by atoms with E-state index in [1.807, 2.05) is 0 Å². The molecule has 2 N–H and O–H groups in total. The molecule has 1 aromatic heterocycles. The van der Waals surface area contributed by atoms with Crippen molar-refractivity contribution in [3.63, 3.8) is 0 Å². The zero-order valence-electron chi connectivity index (χ0n) is 24.0. The molecule has 2 saturated carbocycles. The molecule has 0 amide bonds. The predicted molar refractivity (Wildman–Crippen MR) is 146 cm³/mol. The fourth-order valence-corrected chi connectivity index (χ4v) is 4.33. The maximum Gasteiger partial charge on any atom is 0.392 e. The lowest BCUT2D eigenvalue weighted by atomic mass is 10.1. The van der Waals surface area contributed by atoms with Crippen molar-refractivity contribution < 1.29 is 45.0 Å². The highest BCUT2D eigenvalue weighted by Gasteiger charge is 2.57. The molecule has 2 aliphatic carbocycles. The summed E-state index contributed by atoms with van der Waals surface area (Å²) in [5.74, 6) is -7.36. The second kappa shape index (κ2) is 12.6. The van der Waals surface area contributed by atoms with E-state index >= 15 is 0 Å². The molecule has 0 aliphatic heterocycles. The van der Waals surface area contributed by atoms with Crippen LogP contribution in [-0.2, 0) is 0 Å². The van der Waals surface area contributed by atoms with E-state index < -0.39 is 77.0 Å². The van der Waals surface area contributed by atoms with Gasteiger partial charge in [0.2, 0.25) is 11.6 Å². The maximum atomic E-state index is 13.8. The van der Waals surface area contributed by atoms with Gasteiger partial charge >= 0.3 is 23.7 Å². The molecule has 0 unspecified atom stereocenters. The largest absolute Gasteiger partial charge is 0.398 e. The lowest BCUT2D eigenvalue weighted by molar-refractivity contribution is -0.387. The molecule has 2 aromatic carbocycles. The van der Waals surface area contributed by atoms with E-state index in [1.54, 1.807) is 0 Å². The molecule has 4 atom stereocenters. The van der Waals surface area contributed by atoms with Crippen molar-refractivity contribution in [1.29, 1.82) is 0 Å². The number of nitro groups is 2. The number of nitrogen functional groups attached to an aromatic ring is 1. The number of anilines is 1. The summed E-state index contributed by atoms with van der Waals surface area (Å²) in [7, 11) is -0.611. The van der Waals surface area contributed by atoms with Crippen molar-refractivity contribution in [2.45, 2.75) is 63.2 Å². The van der Waals surface area contributed by atoms with E-state index in [9.17, 15) is 55.4 Å². The summed E-state index contributed by atoms with van der Waals surface area (Å²) >= 11 is 0. The van der Waals surface area contributed by atoms with Crippen LogP contribution in [0.2, 0.25) is 26.2 Å². The Kier molecular flexibility index (Phi) is 9.90. The third-order valence-electron chi connectivity index (χ3n) is 6.46. The lowest BCUT2D eigenvalue weighted by Gasteiger charge is -2.10. The van der Waals surface area contributed by atoms with Crippen LogP contribution in [0.25, 0.3) is 5.69 Å². The smallest absolute Gasteiger partial charge is 0.392 e. The molecule has 0 spiro atoms. The highest BCUT2D eigenvalue weighted by molar-refractivity contribution is 6.74. The Balaban J connectivity index is 0.000000217. The number of rotatable bonds is 5. The van der Waals surface area contributed by atoms with Gasteiger partial charge in [0.15, 0.2) is 0 Å². The highest BCUT2D eigenvalue weighted by atomic mass is 28.3. The van der Waals surface area contributed by atoms with Gasteiger partial charge in [-0.3, -0.25) is 20.2 Å². The Bertz CT molecular complexity index is 1560. The molecule has 2 fully saturated rings. The van der Waals surface area contributed by atoms with Crippen molar-refractivity contribution in [1.82, 2.24) is 20.2 Å². The molecular formula is C25H27F8N7O4Si. The third kappa shape index (κ3) is 9.14. The van der Waals surface area contributed by atoms with E-state index in [4.69, 9.17) is 5.73 Å². The normalized spacial score (nSPS) is 20.7. The molecule has 0 bridgehead atoms. The van der Waals surface area contributed by atoms with Crippen LogP contribution < -0.4 is 5.73 Å². The third-order valence-corrected chi connectivity index (χ3v) is 6.46. The molecule has 1 heterocycles. The summed E-state index contributed by atoms with van der Waals surface area (Å²) in [6.45, 7) is 9.31. The Morgan fingerprint density at radius 2 is 1.24 bits per heavy atom. The summed E-state index contributed by atoms with van der Waals surface area (Å²) < 4.78 is 103. The average Bonchev–Trinajstić information content (AvgIpc) is 3.79. The number of alkyl halides is 6. The quantitative estimate of drug-likeness (QED) is 0.0975. The number of aromatic nitrogens is 4. The van der Waals surface area contributed by atoms with E-state index in [0.717, 1.165) is 35.3 Å². The van der Waals surface area contributed by atoms with Crippen molar-refractivity contribution >= 4 is 25.1 Å². The average molecular weight is 670 g/mol. The van der Waals surface area contributed by atoms with Crippen molar-refractivity contribution in [3.8, 4) is 5.69 Å². The van der Waals surface area contributed by atoms with Crippen LogP contribution in [0.15, 0.2) is 30.6 Å². The molecular weight excluding hydrogens is 642 g/mol. The zero-order chi connectivity index (χ0) is 34.2. The van der Waals surface area contributed by atoms with Crippen LogP contribution in [0.3, 0.4) is 0 Å². The van der Waals surface area contributed by atoms with Gasteiger partial charge in [-0.2, -0.15) is 39.8 Å². The van der Waals surface area contributed by atoms with Gasteiger partial charge in [-0.1, -0.05) is 26.2 Å². The summed E-state index contributed by atoms with van der Waals surface area (Å²) in [6, 6.07) is 3.08. The van der Waals surface area contributed by atoms with Crippen LogP contribution in [0, 0.1) is 43.7 Å². The van der Waals surface area contributed by atoms with Crippen molar-refractivity contribution in [2.24, 2.45) is 11.8 Å². The van der Waals surface area contributed by atoms with Gasteiger partial charge in [0.1, 0.15) is 6.33 Å². The van der Waals surface area contributed by atoms with E-state index in [-0.39, 0.29) is 35.3 Å². The minimum absolute atomic E-state index is 0.00211. The van der Waals surface area contributed by atoms with E-state index in [0.29, 0.717) is 0 Å². The van der Waals surface area contributed by atoms with Gasteiger partial charge in [-0.15, -0.1) is 5.10 Å². The SMILES string of the molecule is C[Si](C)(C)C.Nc1cc([N+](=O)[O-])c(F)cc1[C@H]1C[C@@H]1C(F)(F)F.O=[N+]([O-])c1cc(-n2cnnn2)c([C@H]2C[C@@H]2C(F)(F)F)cc1F. The Hall–Kier alpha value is -4.23. The van der Waals surface area contributed by atoms with Gasteiger partial charge in [0.25, 0.3) is 0 Å². The van der Waals surface area contributed by atoms with Crippen LogP contribution in [-0.4, -0.2) is 50.5 Å². The molecule has 5 rings (SSSR count). The molecule has 0 radical (unpaired) electrons. The van der Waals surface area contributed by atoms with Gasteiger partial charge in [-0.25, -0.2) is 0 Å². The summed E-state index contributed by atoms with van der Waals surface area (Å²) in [5.41, 5.74) is 3.53. The monoisotopic (exact) mass is 669 g/mol. The standard InChI is InChI=1S/C11H7F4N5O2.C10H8F4N2O2.C4H12Si/c12-8-2-6(5-1-7(5)11(13,14)15)9(3-10(8)20(21)22)19-4-16-17-18-19;11-7-2-5(4-1-6(4)10(12,13)14)8(15)3-9(7)16(17)18;1-5(2,3)4/h2-5,7H,1H2;2-4,6H,1,15H2;1-4H3/t5-,7+;4-,6+;/m11./s1. The van der Waals surface area contributed by atoms with Crippen molar-refractivity contribution in [3.05, 3.63) is 73.6 Å². The van der Waals surface area contributed by atoms with Gasteiger partial charge < -0.3 is 5.73 Å². The summed E-state index contributed by atoms with van der Waals surface area (Å²) in [4.78, 5) is 19.3. The lowest BCUT2D eigenvalue weighted by Crippen LogP contribution is -2.12. The number of hydrogen-bond donors (Lipinski definition) is 1. The van der Waals surface area contributed by atoms with Crippen molar-refractivity contribution in [2.75, 3.05) is 5.73 Å². The van der Waals surface area contributed by atoms with E-state index in [1.165, 1.54) is 0 Å². The minimum atomic E-state index is -4.40. The molecule has 0 saturated heterocycles. The fourth-order valence-electron chi connectivity index (χ4n) is 4.33. The Morgan fingerprint density at radius 1 is 0.822 bits per heavy atom. The molecule has 246 valence electrons. The molecule has 2 aliphatic rings. The highest BCUT2D eigenvalue weighted by Crippen LogP contribution is 2.58. The first-order valence-electron chi connectivity index (χ1n) is 13.1. The molecule has 3 aromatic rings. The van der Waals surface area contributed by atoms with Crippen LogP contribution in [0.5, 0.6) is 0 Å². The van der Waals surface area contributed by atoms with Crippen LogP contribution in [0.1, 0.15) is 35.8 Å². The minimum Gasteiger partial charge on any atom is -0.398 e. The molecule has 20 heteroatoms. The molecule has 45 heavy (non-hydrogen) atoms. The second-order valence-electron chi connectivity index (χ2n) is 12.0. The number of benzene rings is 2. The van der Waals surface area contributed by atoms with Gasteiger partial charge in [-0.05, 0) is 58.4 Å². The number of tetrazole rings is 1. The first-order chi connectivity index (χ1) is 20.5. The van der Waals surface area contributed by atoms with Gasteiger partial charge in [0, 0.05) is 25.9 Å². The summed E-state index contributed by atoms with van der Waals surface area (Å²) in [6.07, 6.45) is -8.04. The first-order valence-corrected chi connectivity index (χ1v) is 17.1. The fraction of sp³-hybridized carbons (Fsp3) is 0.480. The Morgan fingerprint density at radius 3 is 1.62 bits per heavy atom. The summed E-state index contributed by atoms with van der Waals surface area (Å²) in [5, 5.41) is 31.4. The first kappa shape index (κ1) is 35.2. The number of nitro benzene ring substituents is 2. The topological polar surface area (TPSA) is 156 Å². The second-order valence-corrected chi connectivity index (χ2v) is 18.0. The molecule has 11 nitrogen and oxygen atoms in total. The maximum absolute atomic E-state index is 13.8. The Labute approximate surface area is 250 Å². The number of nitrogens with zero attached hydrogens (tertiary/aromatic N) is 6. The van der Waals surface area contributed by atoms with Gasteiger partial charge in [0.05, 0.1) is 27.4 Å². The zero-order valence-corrected chi connectivity index (χ0v) is 25.0. The predicted octanol–water partition coefficient (Wildman–Crippen LogP) is 7.31. The van der Waals surface area contributed by atoms with Crippen LogP contribution >= 0.6 is 0 Å². The van der Waals surface area contributed by atoms with E-state index in [2.05, 4.69) is 41.7 Å². The number of nitrogens with two attached hydrogens (primary N) is 1. The number of hydrogen-bond acceptors (Lipinski definition) is 8.